The Hall–Kier alpha value is -1.73. The summed E-state index contributed by atoms with van der Waals surface area (Å²) in [6.45, 7) is 5.09. The van der Waals surface area contributed by atoms with Crippen LogP contribution < -0.4 is 5.32 Å². The van der Waals surface area contributed by atoms with Gasteiger partial charge in [0.05, 0.1) is 5.69 Å². The van der Waals surface area contributed by atoms with Gasteiger partial charge in [-0.15, -0.1) is 0 Å². The number of nitrogens with one attached hydrogen (secondary N) is 1. The predicted octanol–water partition coefficient (Wildman–Crippen LogP) is 1.82. The van der Waals surface area contributed by atoms with Crippen molar-refractivity contribution < 1.29 is 9.50 Å². The summed E-state index contributed by atoms with van der Waals surface area (Å²) in [7, 11) is 0. The fourth-order valence-electron chi connectivity index (χ4n) is 1.63. The highest BCUT2D eigenvalue weighted by molar-refractivity contribution is 6.29. The summed E-state index contributed by atoms with van der Waals surface area (Å²) in [5, 5.41) is 15.6. The van der Waals surface area contributed by atoms with Gasteiger partial charge in [-0.25, -0.2) is 4.68 Å². The summed E-state index contributed by atoms with van der Waals surface area (Å²) in [5.74, 6) is -0.842. The van der Waals surface area contributed by atoms with Gasteiger partial charge in [-0.2, -0.15) is 19.5 Å². The first-order valence-corrected chi connectivity index (χ1v) is 5.97. The fraction of sp³-hybridized carbons (Fsp3) is 0.364. The van der Waals surface area contributed by atoms with Crippen LogP contribution in [-0.2, 0) is 0 Å². The number of aliphatic hydroxyl groups is 1. The summed E-state index contributed by atoms with van der Waals surface area (Å²) < 4.78 is 15.2. The number of rotatable bonds is 3. The van der Waals surface area contributed by atoms with E-state index >= 15 is 0 Å². The number of nitrogens with zero attached hydrogens (tertiary/aromatic N) is 4. The molecule has 0 amide bonds. The Labute approximate surface area is 114 Å². The highest BCUT2D eigenvalue weighted by atomic mass is 35.5. The third kappa shape index (κ3) is 2.82. The molecule has 19 heavy (non-hydrogen) atoms. The molecule has 0 radical (unpaired) electrons. The average molecular weight is 286 g/mol. The maximum atomic E-state index is 13.7. The quantitative estimate of drug-likeness (QED) is 0.664. The van der Waals surface area contributed by atoms with Crippen molar-refractivity contribution in [1.29, 1.82) is 0 Å². The van der Waals surface area contributed by atoms with E-state index in [1.807, 2.05) is 19.9 Å². The lowest BCUT2D eigenvalue weighted by Gasteiger charge is -2.11. The lowest BCUT2D eigenvalue weighted by Crippen LogP contribution is -2.18. The van der Waals surface area contributed by atoms with E-state index in [-0.39, 0.29) is 16.9 Å². The molecule has 0 aromatic carbocycles. The van der Waals surface area contributed by atoms with Crippen LogP contribution in [0.15, 0.2) is 6.07 Å². The van der Waals surface area contributed by atoms with E-state index in [4.69, 9.17) is 11.6 Å². The molecular formula is C11H13ClFN5O. The molecule has 0 aliphatic rings. The van der Waals surface area contributed by atoms with Gasteiger partial charge in [0.25, 0.3) is 5.95 Å². The second-order valence-electron chi connectivity index (χ2n) is 4.14. The minimum absolute atomic E-state index is 0.139. The van der Waals surface area contributed by atoms with Crippen LogP contribution in [0.5, 0.6) is 0 Å². The third-order valence-corrected chi connectivity index (χ3v) is 2.59. The second-order valence-corrected chi connectivity index (χ2v) is 4.49. The Morgan fingerprint density at radius 2 is 2.11 bits per heavy atom. The Morgan fingerprint density at radius 1 is 1.42 bits per heavy atom. The van der Waals surface area contributed by atoms with Crippen molar-refractivity contribution in [1.82, 2.24) is 19.7 Å². The molecule has 2 aromatic rings. The van der Waals surface area contributed by atoms with E-state index in [0.717, 1.165) is 11.4 Å². The van der Waals surface area contributed by atoms with Crippen molar-refractivity contribution >= 4 is 17.4 Å². The largest absolute Gasteiger partial charge is 0.374 e. The Bertz CT molecular complexity index is 613. The number of hydrogen-bond acceptors (Lipinski definition) is 5. The van der Waals surface area contributed by atoms with Crippen LogP contribution in [0.2, 0.25) is 5.15 Å². The summed E-state index contributed by atoms with van der Waals surface area (Å²) in [6, 6.07) is 1.84. The lowest BCUT2D eigenvalue weighted by atomic mass is 10.4. The molecule has 0 aliphatic heterocycles. The number of aryl methyl sites for hydroxylation is 2. The van der Waals surface area contributed by atoms with Crippen LogP contribution >= 0.6 is 11.6 Å². The Kier molecular flexibility index (Phi) is 3.68. The van der Waals surface area contributed by atoms with Crippen molar-refractivity contribution in [2.45, 2.75) is 27.0 Å². The van der Waals surface area contributed by atoms with E-state index in [1.54, 1.807) is 0 Å². The SMILES string of the molecule is Cc1cc(C)n(-c2nc(Cl)c(F)c(NC(C)O)n2)n1. The molecule has 102 valence electrons. The molecule has 8 heteroatoms. The number of aromatic nitrogens is 4. The summed E-state index contributed by atoms with van der Waals surface area (Å²) >= 11 is 5.72. The van der Waals surface area contributed by atoms with E-state index < -0.39 is 12.0 Å². The summed E-state index contributed by atoms with van der Waals surface area (Å²) in [5.41, 5.74) is 1.58. The smallest absolute Gasteiger partial charge is 0.254 e. The van der Waals surface area contributed by atoms with E-state index in [9.17, 15) is 9.50 Å². The normalized spacial score (nSPS) is 12.5. The van der Waals surface area contributed by atoms with Gasteiger partial charge in [-0.1, -0.05) is 11.6 Å². The van der Waals surface area contributed by atoms with Gasteiger partial charge in [-0.3, -0.25) is 0 Å². The first-order chi connectivity index (χ1) is 8.88. The van der Waals surface area contributed by atoms with Gasteiger partial charge in [-0.05, 0) is 26.8 Å². The molecule has 0 saturated heterocycles. The molecule has 2 aromatic heterocycles. The van der Waals surface area contributed by atoms with Crippen molar-refractivity contribution in [3.63, 3.8) is 0 Å². The lowest BCUT2D eigenvalue weighted by molar-refractivity contribution is 0.223. The Morgan fingerprint density at radius 3 is 2.63 bits per heavy atom. The summed E-state index contributed by atoms with van der Waals surface area (Å²) in [6.07, 6.45) is -0.964. The number of anilines is 1. The molecule has 1 unspecified atom stereocenters. The van der Waals surface area contributed by atoms with Gasteiger partial charge in [0, 0.05) is 5.69 Å². The van der Waals surface area contributed by atoms with E-state index in [0.29, 0.717) is 0 Å². The van der Waals surface area contributed by atoms with Gasteiger partial charge in [0.15, 0.2) is 11.0 Å². The van der Waals surface area contributed by atoms with E-state index in [2.05, 4.69) is 20.4 Å². The Balaban J connectivity index is 2.53. The van der Waals surface area contributed by atoms with Crippen LogP contribution in [0.1, 0.15) is 18.3 Å². The molecule has 0 bridgehead atoms. The third-order valence-electron chi connectivity index (χ3n) is 2.34. The molecule has 1 atom stereocenters. The van der Waals surface area contributed by atoms with Crippen LogP contribution in [0.3, 0.4) is 0 Å². The highest BCUT2D eigenvalue weighted by Crippen LogP contribution is 2.21. The number of aliphatic hydroxyl groups excluding tert-OH is 1. The van der Waals surface area contributed by atoms with Gasteiger partial charge < -0.3 is 10.4 Å². The molecule has 2 N–H and O–H groups in total. The van der Waals surface area contributed by atoms with E-state index in [1.165, 1.54) is 11.6 Å². The second kappa shape index (κ2) is 5.10. The predicted molar refractivity (Wildman–Crippen MR) is 68.9 cm³/mol. The first kappa shape index (κ1) is 13.7. The van der Waals surface area contributed by atoms with Crippen molar-refractivity contribution in [2.24, 2.45) is 0 Å². The maximum absolute atomic E-state index is 13.7. The maximum Gasteiger partial charge on any atom is 0.254 e. The molecule has 0 saturated carbocycles. The number of hydrogen-bond donors (Lipinski definition) is 2. The van der Waals surface area contributed by atoms with Crippen molar-refractivity contribution in [3.8, 4) is 5.95 Å². The topological polar surface area (TPSA) is 75.9 Å². The molecule has 0 spiro atoms. The van der Waals surface area contributed by atoms with Gasteiger partial charge >= 0.3 is 0 Å². The van der Waals surface area contributed by atoms with Gasteiger partial charge in [0.1, 0.15) is 6.23 Å². The van der Waals surface area contributed by atoms with Gasteiger partial charge in [0.2, 0.25) is 5.82 Å². The molecule has 6 nitrogen and oxygen atoms in total. The van der Waals surface area contributed by atoms with Crippen LogP contribution in [0, 0.1) is 19.7 Å². The highest BCUT2D eigenvalue weighted by Gasteiger charge is 2.16. The zero-order valence-electron chi connectivity index (χ0n) is 10.6. The molecular weight excluding hydrogens is 273 g/mol. The molecule has 0 fully saturated rings. The number of halogens is 2. The zero-order chi connectivity index (χ0) is 14.2. The van der Waals surface area contributed by atoms with Crippen molar-refractivity contribution in [3.05, 3.63) is 28.4 Å². The van der Waals surface area contributed by atoms with Crippen LogP contribution in [0.25, 0.3) is 5.95 Å². The molecule has 0 aliphatic carbocycles. The summed E-state index contributed by atoms with van der Waals surface area (Å²) in [4.78, 5) is 7.82. The zero-order valence-corrected chi connectivity index (χ0v) is 11.4. The average Bonchev–Trinajstić information content (AvgIpc) is 2.63. The minimum Gasteiger partial charge on any atom is -0.374 e. The van der Waals surface area contributed by atoms with Crippen molar-refractivity contribution in [2.75, 3.05) is 5.32 Å². The minimum atomic E-state index is -0.964. The fourth-order valence-corrected chi connectivity index (χ4v) is 1.79. The first-order valence-electron chi connectivity index (χ1n) is 5.59. The standard InChI is InChI=1S/C11H13ClFN5O/c1-5-4-6(2)18(17-5)11-15-9(12)8(13)10(16-11)14-7(3)19/h4,7,19H,1-3H3,(H,14,15,16). The van der Waals surface area contributed by atoms with Crippen LogP contribution in [-0.4, -0.2) is 31.1 Å². The molecule has 2 rings (SSSR count). The van der Waals surface area contributed by atoms with Crippen LogP contribution in [0.4, 0.5) is 10.2 Å². The monoisotopic (exact) mass is 285 g/mol. The molecule has 2 heterocycles.